The molecule has 0 bridgehead atoms. The highest BCUT2D eigenvalue weighted by molar-refractivity contribution is 7.89. The van der Waals surface area contributed by atoms with Gasteiger partial charge in [-0.15, -0.1) is 0 Å². The van der Waals surface area contributed by atoms with Crippen LogP contribution >= 0.6 is 0 Å². The number of ether oxygens (including phenoxy) is 1. The summed E-state index contributed by atoms with van der Waals surface area (Å²) >= 11 is 0. The fourth-order valence-electron chi connectivity index (χ4n) is 1.98. The molecule has 0 amide bonds. The summed E-state index contributed by atoms with van der Waals surface area (Å²) in [4.78, 5) is -0.139. The van der Waals surface area contributed by atoms with Gasteiger partial charge in [-0.1, -0.05) is 12.1 Å². The third kappa shape index (κ3) is 3.09. The van der Waals surface area contributed by atoms with Crippen LogP contribution in [0.15, 0.2) is 41.3 Å². The molecule has 2 aromatic carbocycles. The maximum absolute atomic E-state index is 11.4. The fourth-order valence-corrected chi connectivity index (χ4v) is 2.66. The molecular formula is C14H16N2O3S. The van der Waals surface area contributed by atoms with Crippen LogP contribution in [0.25, 0.3) is 0 Å². The lowest BCUT2D eigenvalue weighted by Gasteiger charge is -2.12. The van der Waals surface area contributed by atoms with E-state index in [0.29, 0.717) is 5.75 Å². The van der Waals surface area contributed by atoms with Gasteiger partial charge >= 0.3 is 0 Å². The number of sulfonamides is 1. The van der Waals surface area contributed by atoms with Gasteiger partial charge in [-0.25, -0.2) is 13.6 Å². The average molecular weight is 292 g/mol. The minimum Gasteiger partial charge on any atom is -0.455 e. The molecule has 0 aliphatic rings. The van der Waals surface area contributed by atoms with E-state index in [4.69, 9.17) is 15.6 Å². The predicted molar refractivity (Wildman–Crippen MR) is 78.2 cm³/mol. The number of rotatable bonds is 3. The Bertz CT molecular complexity index is 735. The molecule has 0 unspecified atom stereocenters. The summed E-state index contributed by atoms with van der Waals surface area (Å²) in [7, 11) is -3.87. The normalized spacial score (nSPS) is 11.3. The summed E-state index contributed by atoms with van der Waals surface area (Å²) in [6.45, 7) is 3.90. The van der Waals surface area contributed by atoms with Crippen LogP contribution in [0.3, 0.4) is 0 Å². The molecule has 106 valence electrons. The highest BCUT2D eigenvalue weighted by atomic mass is 32.2. The van der Waals surface area contributed by atoms with E-state index in [2.05, 4.69) is 0 Å². The third-order valence-electron chi connectivity index (χ3n) is 2.76. The number of aryl methyl sites for hydroxylation is 2. The molecule has 4 N–H and O–H groups in total. The first-order chi connectivity index (χ1) is 9.27. The molecule has 0 atom stereocenters. The number of hydrogen-bond donors (Lipinski definition) is 2. The van der Waals surface area contributed by atoms with Gasteiger partial charge in [0.05, 0.1) is 5.69 Å². The molecule has 5 nitrogen and oxygen atoms in total. The molecular weight excluding hydrogens is 276 g/mol. The Morgan fingerprint density at radius 2 is 1.65 bits per heavy atom. The Balaban J connectivity index is 2.44. The standard InChI is InChI=1S/C14H16N2O3S/c1-9-6-10(2)8-11(7-9)19-12-4-3-5-13(14(12)15)20(16,17)18/h3-8H,15H2,1-2H3,(H2,16,17,18). The lowest BCUT2D eigenvalue weighted by atomic mass is 10.1. The summed E-state index contributed by atoms with van der Waals surface area (Å²) in [5.74, 6) is 0.863. The lowest BCUT2D eigenvalue weighted by Crippen LogP contribution is -2.14. The molecule has 0 radical (unpaired) electrons. The van der Waals surface area contributed by atoms with Crippen molar-refractivity contribution in [1.29, 1.82) is 0 Å². The van der Waals surface area contributed by atoms with Gasteiger partial charge in [-0.3, -0.25) is 0 Å². The Kier molecular flexibility index (Phi) is 3.69. The van der Waals surface area contributed by atoms with Crippen molar-refractivity contribution in [3.05, 3.63) is 47.5 Å². The molecule has 0 saturated carbocycles. The number of nitrogens with two attached hydrogens (primary N) is 2. The van der Waals surface area contributed by atoms with E-state index in [1.807, 2.05) is 32.0 Å². The van der Waals surface area contributed by atoms with Crippen molar-refractivity contribution in [1.82, 2.24) is 0 Å². The van der Waals surface area contributed by atoms with Crippen molar-refractivity contribution in [2.75, 3.05) is 5.73 Å². The van der Waals surface area contributed by atoms with Crippen molar-refractivity contribution >= 4 is 15.7 Å². The number of primary sulfonamides is 1. The lowest BCUT2D eigenvalue weighted by molar-refractivity contribution is 0.482. The van der Waals surface area contributed by atoms with Gasteiger partial charge in [0.15, 0.2) is 5.75 Å². The summed E-state index contributed by atoms with van der Waals surface area (Å²) in [5.41, 5.74) is 7.90. The molecule has 0 fully saturated rings. The van der Waals surface area contributed by atoms with E-state index in [9.17, 15) is 8.42 Å². The topological polar surface area (TPSA) is 95.4 Å². The summed E-state index contributed by atoms with van der Waals surface area (Å²) in [6, 6.07) is 10.2. The minimum absolute atomic E-state index is 0.00848. The van der Waals surface area contributed by atoms with E-state index in [-0.39, 0.29) is 16.3 Å². The van der Waals surface area contributed by atoms with E-state index in [1.165, 1.54) is 12.1 Å². The zero-order valence-corrected chi connectivity index (χ0v) is 12.1. The zero-order chi connectivity index (χ0) is 14.9. The molecule has 6 heteroatoms. The van der Waals surface area contributed by atoms with Crippen LogP contribution in [-0.4, -0.2) is 8.42 Å². The molecule has 2 rings (SSSR count). The predicted octanol–water partition coefficient (Wildman–Crippen LogP) is 2.33. The van der Waals surface area contributed by atoms with E-state index in [1.54, 1.807) is 6.07 Å². The van der Waals surface area contributed by atoms with Crippen LogP contribution in [0.4, 0.5) is 5.69 Å². The molecule has 0 aromatic heterocycles. The average Bonchev–Trinajstić information content (AvgIpc) is 2.29. The highest BCUT2D eigenvalue weighted by Gasteiger charge is 2.16. The molecule has 0 spiro atoms. The number of benzene rings is 2. The van der Waals surface area contributed by atoms with Crippen LogP contribution in [0.1, 0.15) is 11.1 Å². The molecule has 0 aliphatic heterocycles. The number of anilines is 1. The summed E-state index contributed by atoms with van der Waals surface area (Å²) in [5, 5.41) is 5.10. The van der Waals surface area contributed by atoms with E-state index in [0.717, 1.165) is 11.1 Å². The molecule has 0 heterocycles. The Morgan fingerprint density at radius 1 is 1.05 bits per heavy atom. The summed E-state index contributed by atoms with van der Waals surface area (Å²) in [6.07, 6.45) is 0. The zero-order valence-electron chi connectivity index (χ0n) is 11.3. The Morgan fingerprint density at radius 3 is 2.20 bits per heavy atom. The van der Waals surface area contributed by atoms with Gasteiger partial charge in [-0.05, 0) is 49.2 Å². The monoisotopic (exact) mass is 292 g/mol. The maximum atomic E-state index is 11.4. The van der Waals surface area contributed by atoms with Crippen molar-refractivity contribution in [3.63, 3.8) is 0 Å². The van der Waals surface area contributed by atoms with Crippen LogP contribution in [0, 0.1) is 13.8 Å². The first-order valence-corrected chi connectivity index (χ1v) is 7.49. The van der Waals surface area contributed by atoms with Crippen LogP contribution in [0.2, 0.25) is 0 Å². The van der Waals surface area contributed by atoms with Crippen LogP contribution < -0.4 is 15.6 Å². The number of hydrogen-bond acceptors (Lipinski definition) is 4. The van der Waals surface area contributed by atoms with Crippen molar-refractivity contribution in [2.45, 2.75) is 18.7 Å². The van der Waals surface area contributed by atoms with Gasteiger partial charge in [0, 0.05) is 0 Å². The van der Waals surface area contributed by atoms with Crippen LogP contribution in [0.5, 0.6) is 11.5 Å². The SMILES string of the molecule is Cc1cc(C)cc(Oc2cccc(S(N)(=O)=O)c2N)c1. The van der Waals surface area contributed by atoms with Gasteiger partial charge in [-0.2, -0.15) is 0 Å². The molecule has 20 heavy (non-hydrogen) atoms. The smallest absolute Gasteiger partial charge is 0.240 e. The van der Waals surface area contributed by atoms with E-state index < -0.39 is 10.0 Å². The third-order valence-corrected chi connectivity index (χ3v) is 3.72. The van der Waals surface area contributed by atoms with Gasteiger partial charge in [0.2, 0.25) is 10.0 Å². The molecule has 0 aliphatic carbocycles. The van der Waals surface area contributed by atoms with E-state index >= 15 is 0 Å². The van der Waals surface area contributed by atoms with Crippen molar-refractivity contribution in [3.8, 4) is 11.5 Å². The number of para-hydroxylation sites is 1. The second-order valence-corrected chi connectivity index (χ2v) is 6.17. The van der Waals surface area contributed by atoms with Crippen molar-refractivity contribution < 1.29 is 13.2 Å². The van der Waals surface area contributed by atoms with Gasteiger partial charge in [0.25, 0.3) is 0 Å². The van der Waals surface area contributed by atoms with Gasteiger partial charge < -0.3 is 10.5 Å². The largest absolute Gasteiger partial charge is 0.455 e. The fraction of sp³-hybridized carbons (Fsp3) is 0.143. The highest BCUT2D eigenvalue weighted by Crippen LogP contribution is 2.32. The molecule has 0 saturated heterocycles. The first-order valence-electron chi connectivity index (χ1n) is 5.95. The first kappa shape index (κ1) is 14.4. The Hall–Kier alpha value is -2.05. The second-order valence-electron chi connectivity index (χ2n) is 4.64. The summed E-state index contributed by atoms with van der Waals surface area (Å²) < 4.78 is 28.5. The maximum Gasteiger partial charge on any atom is 0.240 e. The number of nitrogen functional groups attached to an aromatic ring is 1. The Labute approximate surface area is 118 Å². The second kappa shape index (κ2) is 5.15. The van der Waals surface area contributed by atoms with Crippen molar-refractivity contribution in [2.24, 2.45) is 5.14 Å². The quantitative estimate of drug-likeness (QED) is 0.849. The molecule has 2 aromatic rings. The minimum atomic E-state index is -3.87. The van der Waals surface area contributed by atoms with Crippen LogP contribution in [-0.2, 0) is 10.0 Å². The van der Waals surface area contributed by atoms with Gasteiger partial charge in [0.1, 0.15) is 10.6 Å².